The highest BCUT2D eigenvalue weighted by Crippen LogP contribution is 2.34. The first-order chi connectivity index (χ1) is 13.6. The van der Waals surface area contributed by atoms with Gasteiger partial charge in [-0.2, -0.15) is 18.4 Å². The Bertz CT molecular complexity index is 783. The number of hydrogen-bond donors (Lipinski definition) is 2. The molecule has 29 heavy (non-hydrogen) atoms. The Balaban J connectivity index is 1.97. The minimum absolute atomic E-state index is 0.277. The number of benzene rings is 1. The Morgan fingerprint density at radius 3 is 2.45 bits per heavy atom. The van der Waals surface area contributed by atoms with Gasteiger partial charge in [0.1, 0.15) is 5.54 Å². The largest absolute Gasteiger partial charge is 0.418 e. The Hall–Kier alpha value is -2.60. The van der Waals surface area contributed by atoms with Gasteiger partial charge in [0.2, 0.25) is 11.8 Å². The molecule has 0 spiro atoms. The highest BCUT2D eigenvalue weighted by Gasteiger charge is 2.36. The zero-order valence-electron chi connectivity index (χ0n) is 16.5. The van der Waals surface area contributed by atoms with Crippen LogP contribution in [0.15, 0.2) is 24.3 Å². The van der Waals surface area contributed by atoms with Crippen LogP contribution in [0.4, 0.5) is 18.9 Å². The fraction of sp³-hybridized carbons (Fsp3) is 0.550. The van der Waals surface area contributed by atoms with Crippen LogP contribution in [0.5, 0.6) is 0 Å². The molecule has 2 rings (SSSR count). The van der Waals surface area contributed by atoms with Crippen LogP contribution in [0.3, 0.4) is 0 Å². The molecule has 0 saturated heterocycles. The standard InChI is InChI=1S/C20H25F3N4O2/c1-14(18(29)26-19(13-24)10-6-3-7-11-19)27(2)12-17(28)25-16-9-5-4-8-15(16)20(21,22)23/h4-5,8-9,14H,3,6-7,10-12H2,1-2H3,(H,25,28)(H,26,29)/t14-/m1/s1. The number of nitrogens with one attached hydrogen (secondary N) is 2. The predicted molar refractivity (Wildman–Crippen MR) is 102 cm³/mol. The number of amides is 2. The van der Waals surface area contributed by atoms with Crippen LogP contribution in [0, 0.1) is 11.3 Å². The van der Waals surface area contributed by atoms with Gasteiger partial charge in [-0.05, 0) is 38.9 Å². The molecule has 1 aromatic carbocycles. The third kappa shape index (κ3) is 5.94. The molecule has 9 heteroatoms. The molecule has 0 aromatic heterocycles. The van der Waals surface area contributed by atoms with Crippen LogP contribution in [0.2, 0.25) is 0 Å². The van der Waals surface area contributed by atoms with Crippen LogP contribution in [-0.4, -0.2) is 41.9 Å². The first-order valence-electron chi connectivity index (χ1n) is 9.47. The maximum Gasteiger partial charge on any atom is 0.418 e. The monoisotopic (exact) mass is 410 g/mol. The van der Waals surface area contributed by atoms with E-state index >= 15 is 0 Å². The summed E-state index contributed by atoms with van der Waals surface area (Å²) in [5, 5.41) is 14.5. The zero-order chi connectivity index (χ0) is 21.7. The molecule has 0 bridgehead atoms. The fourth-order valence-corrected chi connectivity index (χ4v) is 3.35. The second kappa shape index (κ2) is 9.27. The van der Waals surface area contributed by atoms with Crippen molar-refractivity contribution in [2.45, 2.75) is 56.8 Å². The van der Waals surface area contributed by atoms with E-state index in [2.05, 4.69) is 16.7 Å². The van der Waals surface area contributed by atoms with Gasteiger partial charge in [0.15, 0.2) is 0 Å². The minimum Gasteiger partial charge on any atom is -0.336 e. The normalized spacial score (nSPS) is 17.3. The van der Waals surface area contributed by atoms with Gasteiger partial charge in [0.05, 0.1) is 29.9 Å². The molecule has 1 aliphatic rings. The molecule has 1 aromatic rings. The first kappa shape index (κ1) is 22.7. The van der Waals surface area contributed by atoms with Crippen LogP contribution >= 0.6 is 0 Å². The van der Waals surface area contributed by atoms with Gasteiger partial charge >= 0.3 is 6.18 Å². The number of nitrogens with zero attached hydrogens (tertiary/aromatic N) is 2. The maximum atomic E-state index is 13.0. The Morgan fingerprint density at radius 1 is 1.24 bits per heavy atom. The van der Waals surface area contributed by atoms with E-state index < -0.39 is 29.2 Å². The molecule has 1 aliphatic carbocycles. The van der Waals surface area contributed by atoms with Gasteiger partial charge in [0.25, 0.3) is 0 Å². The molecule has 6 nitrogen and oxygen atoms in total. The van der Waals surface area contributed by atoms with Crippen molar-refractivity contribution >= 4 is 17.5 Å². The van der Waals surface area contributed by atoms with E-state index in [0.717, 1.165) is 25.3 Å². The topological polar surface area (TPSA) is 85.2 Å². The Morgan fingerprint density at radius 2 is 1.86 bits per heavy atom. The molecule has 1 fully saturated rings. The first-order valence-corrected chi connectivity index (χ1v) is 9.47. The average molecular weight is 410 g/mol. The number of carbonyl (C=O) groups is 2. The van der Waals surface area contributed by atoms with Crippen molar-refractivity contribution in [3.8, 4) is 6.07 Å². The SMILES string of the molecule is C[C@H](C(=O)NC1(C#N)CCCCC1)N(C)CC(=O)Nc1ccccc1C(F)(F)F. The van der Waals surface area contributed by atoms with Crippen molar-refractivity contribution in [1.29, 1.82) is 5.26 Å². The summed E-state index contributed by atoms with van der Waals surface area (Å²) >= 11 is 0. The number of alkyl halides is 3. The molecule has 2 amide bonds. The van der Waals surface area contributed by atoms with Gasteiger partial charge in [-0.15, -0.1) is 0 Å². The summed E-state index contributed by atoms with van der Waals surface area (Å²) in [4.78, 5) is 26.2. The molecule has 0 unspecified atom stereocenters. The van der Waals surface area contributed by atoms with Crippen LogP contribution in [-0.2, 0) is 15.8 Å². The van der Waals surface area contributed by atoms with E-state index in [0.29, 0.717) is 12.8 Å². The summed E-state index contributed by atoms with van der Waals surface area (Å²) in [6.45, 7) is 1.31. The lowest BCUT2D eigenvalue weighted by Crippen LogP contribution is -2.55. The molecule has 0 aliphatic heterocycles. The summed E-state index contributed by atoms with van der Waals surface area (Å²) in [5.41, 5.74) is -2.16. The fourth-order valence-electron chi connectivity index (χ4n) is 3.35. The Labute approximate surface area is 168 Å². The lowest BCUT2D eigenvalue weighted by molar-refractivity contribution is -0.137. The maximum absolute atomic E-state index is 13.0. The predicted octanol–water partition coefficient (Wildman–Crippen LogP) is 3.31. The van der Waals surface area contributed by atoms with Crippen LogP contribution < -0.4 is 10.6 Å². The van der Waals surface area contributed by atoms with Crippen LogP contribution in [0.1, 0.15) is 44.6 Å². The molecular weight excluding hydrogens is 385 g/mol. The lowest BCUT2D eigenvalue weighted by atomic mass is 9.82. The van der Waals surface area contributed by atoms with Gasteiger partial charge in [-0.1, -0.05) is 31.4 Å². The van der Waals surface area contributed by atoms with E-state index in [9.17, 15) is 28.0 Å². The third-order valence-corrected chi connectivity index (χ3v) is 5.22. The molecule has 158 valence electrons. The van der Waals surface area contributed by atoms with Crippen molar-refractivity contribution in [2.24, 2.45) is 0 Å². The third-order valence-electron chi connectivity index (χ3n) is 5.22. The summed E-state index contributed by atoms with van der Waals surface area (Å²) in [5.74, 6) is -1.06. The summed E-state index contributed by atoms with van der Waals surface area (Å²) in [7, 11) is 1.53. The number of halogens is 3. The highest BCUT2D eigenvalue weighted by atomic mass is 19.4. The molecule has 0 radical (unpaired) electrons. The van der Waals surface area contributed by atoms with Crippen molar-refractivity contribution in [3.63, 3.8) is 0 Å². The number of para-hydroxylation sites is 1. The van der Waals surface area contributed by atoms with E-state index in [4.69, 9.17) is 0 Å². The van der Waals surface area contributed by atoms with Gasteiger partial charge < -0.3 is 10.6 Å². The lowest BCUT2D eigenvalue weighted by Gasteiger charge is -2.34. The number of carbonyl (C=O) groups excluding carboxylic acids is 2. The van der Waals surface area contributed by atoms with Crippen molar-refractivity contribution in [2.75, 3.05) is 18.9 Å². The molecule has 2 N–H and O–H groups in total. The molecule has 0 heterocycles. The number of hydrogen-bond acceptors (Lipinski definition) is 4. The van der Waals surface area contributed by atoms with Gasteiger partial charge in [0, 0.05) is 0 Å². The Kier molecular flexibility index (Phi) is 7.25. The van der Waals surface area contributed by atoms with Crippen molar-refractivity contribution in [1.82, 2.24) is 10.2 Å². The van der Waals surface area contributed by atoms with Crippen molar-refractivity contribution < 1.29 is 22.8 Å². The number of nitriles is 1. The number of likely N-dealkylation sites (N-methyl/N-ethyl adjacent to an activating group) is 1. The van der Waals surface area contributed by atoms with E-state index in [1.165, 1.54) is 30.1 Å². The smallest absolute Gasteiger partial charge is 0.336 e. The van der Waals surface area contributed by atoms with E-state index in [-0.39, 0.29) is 18.1 Å². The molecule has 1 saturated carbocycles. The highest BCUT2D eigenvalue weighted by molar-refractivity contribution is 5.93. The van der Waals surface area contributed by atoms with Gasteiger partial charge in [-0.3, -0.25) is 14.5 Å². The summed E-state index contributed by atoms with van der Waals surface area (Å²) in [6.07, 6.45) is -0.679. The number of anilines is 1. The molecule has 1 atom stereocenters. The average Bonchev–Trinajstić information content (AvgIpc) is 2.67. The second-order valence-corrected chi connectivity index (χ2v) is 7.43. The quantitative estimate of drug-likeness (QED) is 0.754. The minimum atomic E-state index is -4.59. The summed E-state index contributed by atoms with van der Waals surface area (Å²) < 4.78 is 39.1. The molecular formula is C20H25F3N4O2. The summed E-state index contributed by atoms with van der Waals surface area (Å²) in [6, 6.07) is 6.18. The zero-order valence-corrected chi connectivity index (χ0v) is 16.5. The van der Waals surface area contributed by atoms with Gasteiger partial charge in [-0.25, -0.2) is 0 Å². The van der Waals surface area contributed by atoms with E-state index in [1.807, 2.05) is 0 Å². The number of rotatable bonds is 6. The second-order valence-electron chi connectivity index (χ2n) is 7.43. The van der Waals surface area contributed by atoms with E-state index in [1.54, 1.807) is 6.92 Å². The van der Waals surface area contributed by atoms with Crippen LogP contribution in [0.25, 0.3) is 0 Å². The van der Waals surface area contributed by atoms with Crippen molar-refractivity contribution in [3.05, 3.63) is 29.8 Å².